The maximum atomic E-state index is 14.0. The molecule has 0 unspecified atom stereocenters. The number of pyridine rings is 1. The number of fused-ring (bicyclic) bond motifs is 1. The molecule has 8 heteroatoms. The van der Waals surface area contributed by atoms with E-state index in [1.165, 1.54) is 0 Å². The maximum Gasteiger partial charge on any atom is 0.249 e. The van der Waals surface area contributed by atoms with E-state index < -0.39 is 11.6 Å². The number of aryl methyl sites for hydroxylation is 1. The molecule has 0 bridgehead atoms. The molecule has 0 aliphatic rings. The zero-order valence-electron chi connectivity index (χ0n) is 21.2. The van der Waals surface area contributed by atoms with Crippen LogP contribution in [0.5, 0.6) is 0 Å². The van der Waals surface area contributed by atoms with Gasteiger partial charge in [-0.2, -0.15) is 0 Å². The molecule has 0 radical (unpaired) electrons. The van der Waals surface area contributed by atoms with Crippen LogP contribution < -0.4 is 10.2 Å². The van der Waals surface area contributed by atoms with Gasteiger partial charge in [-0.25, -0.2) is 4.68 Å². The van der Waals surface area contributed by atoms with Crippen molar-refractivity contribution in [3.63, 3.8) is 0 Å². The third-order valence-corrected chi connectivity index (χ3v) is 6.47. The first-order valence-corrected chi connectivity index (χ1v) is 12.2. The fraction of sp³-hybridized carbons (Fsp3) is 0.321. The summed E-state index contributed by atoms with van der Waals surface area (Å²) in [7, 11) is 0. The molecular weight excluding hydrogens is 452 g/mol. The molecule has 1 N–H and O–H groups in total. The minimum absolute atomic E-state index is 0.0674. The van der Waals surface area contributed by atoms with E-state index in [0.29, 0.717) is 16.8 Å². The molecule has 0 aliphatic carbocycles. The molecule has 0 aliphatic heterocycles. The Hall–Kier alpha value is -4.07. The van der Waals surface area contributed by atoms with Crippen LogP contribution >= 0.6 is 0 Å². The molecule has 0 saturated heterocycles. The van der Waals surface area contributed by atoms with E-state index in [1.54, 1.807) is 34.1 Å². The average molecular weight is 485 g/mol. The molecular formula is C28H32N6O2. The van der Waals surface area contributed by atoms with Crippen molar-refractivity contribution in [3.8, 4) is 0 Å². The summed E-state index contributed by atoms with van der Waals surface area (Å²) >= 11 is 0. The van der Waals surface area contributed by atoms with Crippen LogP contribution in [-0.2, 0) is 22.6 Å². The Balaban J connectivity index is 1.80. The topological polar surface area (TPSA) is 93.0 Å². The zero-order chi connectivity index (χ0) is 25.7. The van der Waals surface area contributed by atoms with Gasteiger partial charge in [-0.3, -0.25) is 19.5 Å². The third kappa shape index (κ3) is 5.43. The smallest absolute Gasteiger partial charge is 0.249 e. The van der Waals surface area contributed by atoms with E-state index in [2.05, 4.69) is 27.5 Å². The largest absolute Gasteiger partial charge is 0.349 e. The van der Waals surface area contributed by atoms with Crippen LogP contribution in [0.1, 0.15) is 51.3 Å². The Morgan fingerprint density at radius 3 is 2.36 bits per heavy atom. The molecule has 4 rings (SSSR count). The van der Waals surface area contributed by atoms with E-state index in [-0.39, 0.29) is 18.4 Å². The SMILES string of the molecule is CCc1ccc(N(C(=O)Cn2nnc3ccccc32)[C@H](C(=O)NC(C)(C)CC)c2ccncc2)cc1. The Morgan fingerprint density at radius 1 is 1.00 bits per heavy atom. The van der Waals surface area contributed by atoms with E-state index >= 15 is 0 Å². The maximum absolute atomic E-state index is 14.0. The van der Waals surface area contributed by atoms with Gasteiger partial charge in [0.15, 0.2) is 0 Å². The predicted octanol–water partition coefficient (Wildman–Crippen LogP) is 4.47. The minimum Gasteiger partial charge on any atom is -0.349 e. The van der Waals surface area contributed by atoms with Crippen LogP contribution in [0.4, 0.5) is 5.69 Å². The molecule has 1 atom stereocenters. The van der Waals surface area contributed by atoms with Crippen LogP contribution in [-0.4, -0.2) is 37.3 Å². The first-order chi connectivity index (χ1) is 17.3. The molecule has 4 aromatic rings. The second-order valence-electron chi connectivity index (χ2n) is 9.43. The summed E-state index contributed by atoms with van der Waals surface area (Å²) in [5, 5.41) is 11.5. The highest BCUT2D eigenvalue weighted by Crippen LogP contribution is 2.30. The van der Waals surface area contributed by atoms with Gasteiger partial charge in [0.05, 0.1) is 5.52 Å². The van der Waals surface area contributed by atoms with E-state index in [9.17, 15) is 9.59 Å². The zero-order valence-corrected chi connectivity index (χ0v) is 21.2. The van der Waals surface area contributed by atoms with Gasteiger partial charge in [0.25, 0.3) is 0 Å². The van der Waals surface area contributed by atoms with Crippen molar-refractivity contribution in [3.05, 3.63) is 84.2 Å². The van der Waals surface area contributed by atoms with Gasteiger partial charge >= 0.3 is 0 Å². The molecule has 8 nitrogen and oxygen atoms in total. The molecule has 36 heavy (non-hydrogen) atoms. The van der Waals surface area contributed by atoms with Crippen LogP contribution in [0.15, 0.2) is 73.1 Å². The summed E-state index contributed by atoms with van der Waals surface area (Å²) < 4.78 is 1.57. The Morgan fingerprint density at radius 2 is 1.69 bits per heavy atom. The number of benzene rings is 2. The van der Waals surface area contributed by atoms with Crippen LogP contribution in [0, 0.1) is 0 Å². The number of nitrogens with zero attached hydrogens (tertiary/aromatic N) is 5. The summed E-state index contributed by atoms with van der Waals surface area (Å²) in [6.07, 6.45) is 4.88. The summed E-state index contributed by atoms with van der Waals surface area (Å²) in [4.78, 5) is 33.5. The lowest BCUT2D eigenvalue weighted by Crippen LogP contribution is -2.51. The molecule has 2 aromatic carbocycles. The lowest BCUT2D eigenvalue weighted by molar-refractivity contribution is -0.128. The minimum atomic E-state index is -0.895. The van der Waals surface area contributed by atoms with Crippen LogP contribution in [0.2, 0.25) is 0 Å². The molecule has 2 aromatic heterocycles. The Kier molecular flexibility index (Phi) is 7.43. The van der Waals surface area contributed by atoms with Crippen molar-refractivity contribution >= 4 is 28.5 Å². The number of carbonyl (C=O) groups is 2. The molecule has 186 valence electrons. The number of hydrogen-bond acceptors (Lipinski definition) is 5. The Bertz CT molecular complexity index is 1330. The predicted molar refractivity (Wildman–Crippen MR) is 140 cm³/mol. The number of amides is 2. The number of aromatic nitrogens is 4. The number of rotatable bonds is 9. The molecule has 0 spiro atoms. The third-order valence-electron chi connectivity index (χ3n) is 6.47. The summed E-state index contributed by atoms with van der Waals surface area (Å²) in [5.41, 5.74) is 3.47. The van der Waals surface area contributed by atoms with Gasteiger partial charge in [-0.15, -0.1) is 5.10 Å². The van der Waals surface area contributed by atoms with Gasteiger partial charge in [-0.05, 0) is 74.2 Å². The molecule has 2 amide bonds. The first kappa shape index (κ1) is 25.0. The fourth-order valence-electron chi connectivity index (χ4n) is 4.02. The second-order valence-corrected chi connectivity index (χ2v) is 9.43. The van der Waals surface area contributed by atoms with Gasteiger partial charge in [0.1, 0.15) is 18.1 Å². The van der Waals surface area contributed by atoms with Gasteiger partial charge < -0.3 is 5.32 Å². The number of anilines is 1. The van der Waals surface area contributed by atoms with Crippen molar-refractivity contribution in [1.82, 2.24) is 25.3 Å². The number of nitrogens with one attached hydrogen (secondary N) is 1. The first-order valence-electron chi connectivity index (χ1n) is 12.2. The van der Waals surface area contributed by atoms with Gasteiger partial charge in [0, 0.05) is 23.6 Å². The van der Waals surface area contributed by atoms with Crippen LogP contribution in [0.3, 0.4) is 0 Å². The fourth-order valence-corrected chi connectivity index (χ4v) is 4.02. The number of hydrogen-bond donors (Lipinski definition) is 1. The number of carbonyl (C=O) groups excluding carboxylic acids is 2. The van der Waals surface area contributed by atoms with Crippen molar-refractivity contribution in [2.45, 2.75) is 58.7 Å². The normalized spacial score (nSPS) is 12.3. The number of para-hydroxylation sites is 1. The summed E-state index contributed by atoms with van der Waals surface area (Å²) in [5.74, 6) is -0.536. The molecule has 0 fully saturated rings. The Labute approximate surface area is 211 Å². The lowest BCUT2D eigenvalue weighted by atomic mass is 9.98. The summed E-state index contributed by atoms with van der Waals surface area (Å²) in [6.45, 7) is 7.97. The average Bonchev–Trinajstić information content (AvgIpc) is 3.30. The highest BCUT2D eigenvalue weighted by Gasteiger charge is 2.35. The van der Waals surface area contributed by atoms with E-state index in [0.717, 1.165) is 23.9 Å². The van der Waals surface area contributed by atoms with E-state index in [4.69, 9.17) is 0 Å². The van der Waals surface area contributed by atoms with Crippen molar-refractivity contribution in [1.29, 1.82) is 0 Å². The van der Waals surface area contributed by atoms with Crippen molar-refractivity contribution < 1.29 is 9.59 Å². The standard InChI is InChI=1S/C28H32N6O2/c1-5-20-11-13-22(14-12-20)34(25(35)19-33-24-10-8-7-9-23(24)31-32-33)26(21-15-17-29-18-16-21)27(36)30-28(3,4)6-2/h7-18,26H,5-6,19H2,1-4H3,(H,30,36)/t26-/m0/s1. The van der Waals surface area contributed by atoms with Gasteiger partial charge in [0.2, 0.25) is 11.8 Å². The second kappa shape index (κ2) is 10.7. The van der Waals surface area contributed by atoms with E-state index in [1.807, 2.05) is 69.3 Å². The highest BCUT2D eigenvalue weighted by atomic mass is 16.2. The summed E-state index contributed by atoms with van der Waals surface area (Å²) in [6, 6.07) is 17.9. The quantitative estimate of drug-likeness (QED) is 0.378. The molecule has 0 saturated carbocycles. The monoisotopic (exact) mass is 484 g/mol. The highest BCUT2D eigenvalue weighted by molar-refractivity contribution is 6.01. The van der Waals surface area contributed by atoms with Gasteiger partial charge in [-0.1, -0.05) is 43.3 Å². The lowest BCUT2D eigenvalue weighted by Gasteiger charge is -2.34. The van der Waals surface area contributed by atoms with Crippen LogP contribution in [0.25, 0.3) is 11.0 Å². The van der Waals surface area contributed by atoms with Crippen molar-refractivity contribution in [2.75, 3.05) is 4.90 Å². The molecule has 2 heterocycles. The van der Waals surface area contributed by atoms with Crippen molar-refractivity contribution in [2.24, 2.45) is 0 Å².